The lowest BCUT2D eigenvalue weighted by Crippen LogP contribution is -2.58. The van der Waals surface area contributed by atoms with Crippen LogP contribution in [-0.2, 0) is 0 Å². The summed E-state index contributed by atoms with van der Waals surface area (Å²) in [6, 6.07) is 0.669. The van der Waals surface area contributed by atoms with Crippen LogP contribution in [0.1, 0.15) is 58.8 Å². The molecule has 0 aromatic carbocycles. The van der Waals surface area contributed by atoms with Crippen molar-refractivity contribution < 1.29 is 5.11 Å². The van der Waals surface area contributed by atoms with Gasteiger partial charge >= 0.3 is 0 Å². The number of nitrogens with one attached hydrogen (secondary N) is 1. The average Bonchev–Trinajstić information content (AvgIpc) is 2.75. The summed E-state index contributed by atoms with van der Waals surface area (Å²) in [5.41, 5.74) is 0.0293. The number of hydrogen-bond acceptors (Lipinski definition) is 2. The Morgan fingerprint density at radius 2 is 1.88 bits per heavy atom. The van der Waals surface area contributed by atoms with Gasteiger partial charge in [0.1, 0.15) is 0 Å². The van der Waals surface area contributed by atoms with Crippen LogP contribution in [0.25, 0.3) is 0 Å². The van der Waals surface area contributed by atoms with Crippen molar-refractivity contribution >= 4 is 0 Å². The van der Waals surface area contributed by atoms with Crippen LogP contribution in [0.15, 0.2) is 0 Å². The fraction of sp³-hybridized carbons (Fsp3) is 1.00. The predicted octanol–water partition coefficient (Wildman–Crippen LogP) is 2.71. The molecule has 3 unspecified atom stereocenters. The average molecular weight is 225 g/mol. The standard InChI is InChI=1S/C14H27NO/c1-11-7-8-14(10-16,12(2)9-11)15-13-5-3-4-6-13/h11-13,15-16H,3-10H2,1-2H3. The normalized spacial score (nSPS) is 41.4. The third-order valence-corrected chi connectivity index (χ3v) is 4.91. The van der Waals surface area contributed by atoms with Crippen molar-refractivity contribution in [3.63, 3.8) is 0 Å². The van der Waals surface area contributed by atoms with E-state index in [0.29, 0.717) is 18.6 Å². The molecular weight excluding hydrogens is 198 g/mol. The van der Waals surface area contributed by atoms with E-state index in [4.69, 9.17) is 0 Å². The minimum Gasteiger partial charge on any atom is -0.394 e. The summed E-state index contributed by atoms with van der Waals surface area (Å²) in [7, 11) is 0. The minimum absolute atomic E-state index is 0.0293. The zero-order valence-electron chi connectivity index (χ0n) is 10.8. The first kappa shape index (κ1) is 12.4. The SMILES string of the molecule is CC1CCC(CO)(NC2CCCC2)C(C)C1. The van der Waals surface area contributed by atoms with Gasteiger partial charge in [-0.05, 0) is 43.9 Å². The Kier molecular flexibility index (Phi) is 3.91. The second kappa shape index (κ2) is 5.05. The second-order valence-corrected chi connectivity index (χ2v) is 6.22. The molecule has 16 heavy (non-hydrogen) atoms. The van der Waals surface area contributed by atoms with Gasteiger partial charge in [0.25, 0.3) is 0 Å². The van der Waals surface area contributed by atoms with Gasteiger partial charge in [-0.2, -0.15) is 0 Å². The van der Waals surface area contributed by atoms with Gasteiger partial charge in [-0.1, -0.05) is 26.7 Å². The monoisotopic (exact) mass is 225 g/mol. The van der Waals surface area contributed by atoms with Gasteiger partial charge in [0.05, 0.1) is 6.61 Å². The summed E-state index contributed by atoms with van der Waals surface area (Å²) in [5.74, 6) is 1.45. The van der Waals surface area contributed by atoms with Gasteiger partial charge in [-0.25, -0.2) is 0 Å². The van der Waals surface area contributed by atoms with E-state index >= 15 is 0 Å². The fourth-order valence-corrected chi connectivity index (χ4v) is 3.67. The zero-order chi connectivity index (χ0) is 11.6. The van der Waals surface area contributed by atoms with Crippen molar-refractivity contribution in [3.8, 4) is 0 Å². The van der Waals surface area contributed by atoms with E-state index in [1.165, 1.54) is 38.5 Å². The first-order valence-electron chi connectivity index (χ1n) is 7.05. The van der Waals surface area contributed by atoms with Crippen LogP contribution in [0.5, 0.6) is 0 Å². The number of hydrogen-bond donors (Lipinski definition) is 2. The third kappa shape index (κ3) is 2.43. The van der Waals surface area contributed by atoms with Gasteiger partial charge in [0.15, 0.2) is 0 Å². The summed E-state index contributed by atoms with van der Waals surface area (Å²) < 4.78 is 0. The number of rotatable bonds is 3. The molecule has 2 N–H and O–H groups in total. The highest BCUT2D eigenvalue weighted by Crippen LogP contribution is 2.38. The maximum atomic E-state index is 9.80. The molecule has 0 aliphatic heterocycles. The summed E-state index contributed by atoms with van der Waals surface area (Å²) in [6.45, 7) is 4.97. The van der Waals surface area contributed by atoms with Crippen molar-refractivity contribution in [1.29, 1.82) is 0 Å². The van der Waals surface area contributed by atoms with Crippen LogP contribution in [0.3, 0.4) is 0 Å². The highest BCUT2D eigenvalue weighted by atomic mass is 16.3. The van der Waals surface area contributed by atoms with Crippen molar-refractivity contribution in [3.05, 3.63) is 0 Å². The van der Waals surface area contributed by atoms with Crippen molar-refractivity contribution in [2.45, 2.75) is 70.4 Å². The molecule has 0 spiro atoms. The molecule has 2 aliphatic carbocycles. The fourth-order valence-electron chi connectivity index (χ4n) is 3.67. The lowest BCUT2D eigenvalue weighted by Gasteiger charge is -2.46. The minimum atomic E-state index is 0.0293. The van der Waals surface area contributed by atoms with E-state index in [-0.39, 0.29) is 5.54 Å². The molecule has 2 fully saturated rings. The Morgan fingerprint density at radius 3 is 2.44 bits per heavy atom. The Balaban J connectivity index is 1.99. The molecule has 2 nitrogen and oxygen atoms in total. The summed E-state index contributed by atoms with van der Waals surface area (Å²) in [6.07, 6.45) is 9.04. The molecule has 3 atom stereocenters. The molecule has 0 amide bonds. The first-order valence-corrected chi connectivity index (χ1v) is 7.05. The number of aliphatic hydroxyl groups is 1. The third-order valence-electron chi connectivity index (χ3n) is 4.91. The summed E-state index contributed by atoms with van der Waals surface area (Å²) in [4.78, 5) is 0. The predicted molar refractivity (Wildman–Crippen MR) is 67.4 cm³/mol. The molecule has 0 saturated heterocycles. The van der Waals surface area contributed by atoms with Crippen LogP contribution in [0, 0.1) is 11.8 Å². The van der Waals surface area contributed by atoms with E-state index in [1.54, 1.807) is 0 Å². The summed E-state index contributed by atoms with van der Waals surface area (Å²) in [5, 5.41) is 13.6. The van der Waals surface area contributed by atoms with Gasteiger partial charge in [0, 0.05) is 11.6 Å². The second-order valence-electron chi connectivity index (χ2n) is 6.22. The van der Waals surface area contributed by atoms with Gasteiger partial charge in [-0.3, -0.25) is 0 Å². The molecule has 94 valence electrons. The highest BCUT2D eigenvalue weighted by molar-refractivity contribution is 4.98. The maximum Gasteiger partial charge on any atom is 0.0616 e. The lowest BCUT2D eigenvalue weighted by atomic mass is 9.70. The molecule has 2 saturated carbocycles. The van der Waals surface area contributed by atoms with E-state index < -0.39 is 0 Å². The molecule has 0 aromatic heterocycles. The highest BCUT2D eigenvalue weighted by Gasteiger charge is 2.41. The topological polar surface area (TPSA) is 32.3 Å². The van der Waals surface area contributed by atoms with Crippen molar-refractivity contribution in [2.24, 2.45) is 11.8 Å². The Morgan fingerprint density at radius 1 is 1.19 bits per heavy atom. The van der Waals surface area contributed by atoms with Crippen LogP contribution in [-0.4, -0.2) is 23.3 Å². The molecule has 0 bridgehead atoms. The van der Waals surface area contributed by atoms with Crippen molar-refractivity contribution in [1.82, 2.24) is 5.32 Å². The summed E-state index contributed by atoms with van der Waals surface area (Å²) >= 11 is 0. The zero-order valence-corrected chi connectivity index (χ0v) is 10.8. The van der Waals surface area contributed by atoms with Crippen molar-refractivity contribution in [2.75, 3.05) is 6.61 Å². The van der Waals surface area contributed by atoms with E-state index in [9.17, 15) is 5.11 Å². The molecule has 0 radical (unpaired) electrons. The first-order chi connectivity index (χ1) is 7.66. The van der Waals surface area contributed by atoms with E-state index in [2.05, 4.69) is 19.2 Å². The molecule has 2 heteroatoms. The van der Waals surface area contributed by atoms with Gasteiger partial charge in [0.2, 0.25) is 0 Å². The molecule has 0 aromatic rings. The van der Waals surface area contributed by atoms with Gasteiger partial charge in [-0.15, -0.1) is 0 Å². The quantitative estimate of drug-likeness (QED) is 0.774. The van der Waals surface area contributed by atoms with Crippen LogP contribution in [0.2, 0.25) is 0 Å². The lowest BCUT2D eigenvalue weighted by molar-refractivity contribution is 0.0479. The van der Waals surface area contributed by atoms with Crippen LogP contribution in [0.4, 0.5) is 0 Å². The van der Waals surface area contributed by atoms with Gasteiger partial charge < -0.3 is 10.4 Å². The number of aliphatic hydroxyl groups excluding tert-OH is 1. The molecular formula is C14H27NO. The maximum absolute atomic E-state index is 9.80. The molecule has 0 heterocycles. The Bertz CT molecular complexity index is 225. The Labute approximate surface area is 99.8 Å². The van der Waals surface area contributed by atoms with Crippen LogP contribution >= 0.6 is 0 Å². The Hall–Kier alpha value is -0.0800. The van der Waals surface area contributed by atoms with E-state index in [0.717, 1.165) is 12.3 Å². The van der Waals surface area contributed by atoms with E-state index in [1.807, 2.05) is 0 Å². The largest absolute Gasteiger partial charge is 0.394 e. The smallest absolute Gasteiger partial charge is 0.0616 e. The molecule has 2 rings (SSSR count). The van der Waals surface area contributed by atoms with Crippen LogP contribution < -0.4 is 5.32 Å². The molecule has 2 aliphatic rings.